The molecule has 22 heavy (non-hydrogen) atoms. The van der Waals surface area contributed by atoms with Gasteiger partial charge in [-0.1, -0.05) is 11.6 Å². The monoisotopic (exact) mass is 322 g/mol. The summed E-state index contributed by atoms with van der Waals surface area (Å²) in [6.45, 7) is 8.58. The van der Waals surface area contributed by atoms with Gasteiger partial charge in [0.15, 0.2) is 0 Å². The van der Waals surface area contributed by atoms with Gasteiger partial charge in [0.25, 0.3) is 5.91 Å². The van der Waals surface area contributed by atoms with Crippen LogP contribution in [0.4, 0.5) is 0 Å². The number of aryl methyl sites for hydroxylation is 3. The molecule has 2 aromatic heterocycles. The van der Waals surface area contributed by atoms with Crippen LogP contribution in [0, 0.1) is 13.8 Å². The van der Waals surface area contributed by atoms with E-state index in [1.165, 1.54) is 0 Å². The van der Waals surface area contributed by atoms with Crippen molar-refractivity contribution >= 4 is 17.5 Å². The summed E-state index contributed by atoms with van der Waals surface area (Å²) >= 11 is 6.00. The Bertz CT molecular complexity index is 699. The molecule has 0 aliphatic carbocycles. The number of rotatable bonds is 4. The van der Waals surface area contributed by atoms with Crippen molar-refractivity contribution in [3.05, 3.63) is 39.9 Å². The maximum Gasteiger partial charge on any atom is 0.271 e. The Morgan fingerprint density at radius 3 is 2.41 bits per heavy atom. The molecule has 0 aromatic carbocycles. The van der Waals surface area contributed by atoms with Crippen LogP contribution in [0.2, 0.25) is 5.02 Å². The van der Waals surface area contributed by atoms with Gasteiger partial charge in [-0.05, 0) is 33.8 Å². The van der Waals surface area contributed by atoms with Crippen molar-refractivity contribution in [3.63, 3.8) is 0 Å². The van der Waals surface area contributed by atoms with Crippen LogP contribution in [0.5, 0.6) is 0 Å². The molecule has 6 heteroatoms. The molecule has 0 unspecified atom stereocenters. The summed E-state index contributed by atoms with van der Waals surface area (Å²) in [5, 5.41) is 5.00. The predicted molar refractivity (Wildman–Crippen MR) is 88.1 cm³/mol. The van der Waals surface area contributed by atoms with Gasteiger partial charge in [0, 0.05) is 44.1 Å². The molecule has 2 heterocycles. The molecule has 0 bridgehead atoms. The van der Waals surface area contributed by atoms with Crippen molar-refractivity contribution in [2.75, 3.05) is 0 Å². The standard InChI is InChI=1S/C16H23ClN4O/c1-10(2)21(9-14-11(3)18-20(6)12(14)4)16(22)15-7-13(17)8-19(15)5/h7-8,10H,9H2,1-6H3. The largest absolute Gasteiger partial charge is 0.345 e. The normalized spacial score (nSPS) is 11.3. The number of carbonyl (C=O) groups is 1. The van der Waals surface area contributed by atoms with Crippen molar-refractivity contribution in [3.8, 4) is 0 Å². The zero-order chi connectivity index (χ0) is 16.6. The highest BCUT2D eigenvalue weighted by atomic mass is 35.5. The third-order valence-electron chi connectivity index (χ3n) is 4.06. The zero-order valence-corrected chi connectivity index (χ0v) is 14.8. The van der Waals surface area contributed by atoms with Crippen LogP contribution in [-0.2, 0) is 20.6 Å². The molecule has 2 rings (SSSR count). The van der Waals surface area contributed by atoms with Crippen LogP contribution in [0.3, 0.4) is 0 Å². The maximum absolute atomic E-state index is 12.9. The van der Waals surface area contributed by atoms with Gasteiger partial charge in [-0.15, -0.1) is 0 Å². The lowest BCUT2D eigenvalue weighted by molar-refractivity contribution is 0.0680. The fourth-order valence-corrected chi connectivity index (χ4v) is 2.84. The molecule has 0 aliphatic rings. The molecule has 0 saturated heterocycles. The van der Waals surface area contributed by atoms with E-state index in [-0.39, 0.29) is 11.9 Å². The first kappa shape index (κ1) is 16.6. The fourth-order valence-electron chi connectivity index (χ4n) is 2.59. The number of nitrogens with zero attached hydrogens (tertiary/aromatic N) is 4. The van der Waals surface area contributed by atoms with E-state index in [1.54, 1.807) is 16.8 Å². The average molecular weight is 323 g/mol. The van der Waals surface area contributed by atoms with Crippen LogP contribution >= 0.6 is 11.6 Å². The molecule has 0 spiro atoms. The third-order valence-corrected chi connectivity index (χ3v) is 4.27. The fraction of sp³-hybridized carbons (Fsp3) is 0.500. The number of hydrogen-bond donors (Lipinski definition) is 0. The Morgan fingerprint density at radius 2 is 2.00 bits per heavy atom. The first-order valence-electron chi connectivity index (χ1n) is 7.34. The Kier molecular flexibility index (Phi) is 4.66. The molecule has 2 aromatic rings. The van der Waals surface area contributed by atoms with Crippen LogP contribution in [-0.4, -0.2) is 31.2 Å². The first-order chi connectivity index (χ1) is 10.2. The molecule has 1 amide bonds. The van der Waals surface area contributed by atoms with Crippen molar-refractivity contribution in [1.29, 1.82) is 0 Å². The summed E-state index contributed by atoms with van der Waals surface area (Å²) in [4.78, 5) is 14.7. The van der Waals surface area contributed by atoms with E-state index in [0.29, 0.717) is 17.3 Å². The van der Waals surface area contributed by atoms with E-state index in [2.05, 4.69) is 5.10 Å². The van der Waals surface area contributed by atoms with Gasteiger partial charge in [0.05, 0.1) is 10.7 Å². The van der Waals surface area contributed by atoms with E-state index in [9.17, 15) is 4.79 Å². The second kappa shape index (κ2) is 6.16. The molecule has 0 atom stereocenters. The lowest BCUT2D eigenvalue weighted by Crippen LogP contribution is -2.37. The van der Waals surface area contributed by atoms with Gasteiger partial charge in [0.2, 0.25) is 0 Å². The minimum Gasteiger partial charge on any atom is -0.345 e. The Labute approximate surface area is 136 Å². The number of halogens is 1. The number of aromatic nitrogens is 3. The van der Waals surface area contributed by atoms with E-state index in [0.717, 1.165) is 17.0 Å². The summed E-state index contributed by atoms with van der Waals surface area (Å²) < 4.78 is 3.62. The molecule has 0 aliphatic heterocycles. The molecule has 0 fully saturated rings. The smallest absolute Gasteiger partial charge is 0.271 e. The van der Waals surface area contributed by atoms with Gasteiger partial charge in [-0.3, -0.25) is 9.48 Å². The van der Waals surface area contributed by atoms with Crippen molar-refractivity contribution < 1.29 is 4.79 Å². The minimum absolute atomic E-state index is 0.0212. The Balaban J connectivity index is 2.35. The highest BCUT2D eigenvalue weighted by Crippen LogP contribution is 2.20. The van der Waals surface area contributed by atoms with Crippen LogP contribution in [0.1, 0.15) is 41.3 Å². The van der Waals surface area contributed by atoms with Gasteiger partial charge in [0.1, 0.15) is 5.69 Å². The molecule has 120 valence electrons. The van der Waals surface area contributed by atoms with E-state index < -0.39 is 0 Å². The summed E-state index contributed by atoms with van der Waals surface area (Å²) in [5.41, 5.74) is 3.74. The maximum atomic E-state index is 12.9. The predicted octanol–water partition coefficient (Wildman–Crippen LogP) is 3.08. The van der Waals surface area contributed by atoms with Gasteiger partial charge >= 0.3 is 0 Å². The summed E-state index contributed by atoms with van der Waals surface area (Å²) in [7, 11) is 3.75. The van der Waals surface area contributed by atoms with Crippen molar-refractivity contribution in [1.82, 2.24) is 19.2 Å². The second-order valence-corrected chi connectivity index (χ2v) is 6.39. The zero-order valence-electron chi connectivity index (χ0n) is 14.0. The topological polar surface area (TPSA) is 43.1 Å². The molecular formula is C16H23ClN4O. The third kappa shape index (κ3) is 3.04. The van der Waals surface area contributed by atoms with Crippen LogP contribution in [0.15, 0.2) is 12.3 Å². The molecule has 5 nitrogen and oxygen atoms in total. The van der Waals surface area contributed by atoms with Gasteiger partial charge < -0.3 is 9.47 Å². The summed E-state index contributed by atoms with van der Waals surface area (Å²) in [6, 6.07) is 1.79. The van der Waals surface area contributed by atoms with E-state index in [4.69, 9.17) is 11.6 Å². The lowest BCUT2D eigenvalue weighted by atomic mass is 10.1. The molecule has 0 radical (unpaired) electrons. The molecule has 0 N–H and O–H groups in total. The lowest BCUT2D eigenvalue weighted by Gasteiger charge is -2.27. The summed E-state index contributed by atoms with van der Waals surface area (Å²) in [5.74, 6) is -0.0212. The van der Waals surface area contributed by atoms with Gasteiger partial charge in [-0.25, -0.2) is 0 Å². The van der Waals surface area contributed by atoms with Crippen molar-refractivity contribution in [2.24, 2.45) is 14.1 Å². The molecular weight excluding hydrogens is 300 g/mol. The first-order valence-corrected chi connectivity index (χ1v) is 7.72. The molecule has 0 saturated carbocycles. The van der Waals surface area contributed by atoms with Crippen LogP contribution in [0.25, 0.3) is 0 Å². The second-order valence-electron chi connectivity index (χ2n) is 5.95. The SMILES string of the molecule is Cc1nn(C)c(C)c1CN(C(=O)c1cc(Cl)cn1C)C(C)C. The number of carbonyl (C=O) groups excluding carboxylic acids is 1. The van der Waals surface area contributed by atoms with Gasteiger partial charge in [-0.2, -0.15) is 5.10 Å². The Morgan fingerprint density at radius 1 is 1.36 bits per heavy atom. The van der Waals surface area contributed by atoms with Crippen LogP contribution < -0.4 is 0 Å². The Hall–Kier alpha value is -1.75. The average Bonchev–Trinajstić information content (AvgIpc) is 2.87. The minimum atomic E-state index is -0.0212. The number of hydrogen-bond acceptors (Lipinski definition) is 2. The quantitative estimate of drug-likeness (QED) is 0.868. The highest BCUT2D eigenvalue weighted by Gasteiger charge is 2.24. The van der Waals surface area contributed by atoms with Crippen molar-refractivity contribution in [2.45, 2.75) is 40.3 Å². The number of amides is 1. The van der Waals surface area contributed by atoms with E-state index in [1.807, 2.05) is 51.4 Å². The summed E-state index contributed by atoms with van der Waals surface area (Å²) in [6.07, 6.45) is 1.74. The highest BCUT2D eigenvalue weighted by molar-refractivity contribution is 6.31. The van der Waals surface area contributed by atoms with E-state index >= 15 is 0 Å².